The van der Waals surface area contributed by atoms with Gasteiger partial charge in [-0.3, -0.25) is 0 Å². The molecule has 0 unspecified atom stereocenters. The molecule has 0 saturated heterocycles. The number of alkyl halides is 1. The van der Waals surface area contributed by atoms with Gasteiger partial charge in [-0.05, 0) is 19.4 Å². The predicted octanol–water partition coefficient (Wildman–Crippen LogP) is 2.81. The van der Waals surface area contributed by atoms with Crippen LogP contribution >= 0.6 is 11.6 Å². The highest BCUT2D eigenvalue weighted by atomic mass is 35.5. The Morgan fingerprint density at radius 2 is 2.27 bits per heavy atom. The minimum absolute atomic E-state index is 0.505. The highest BCUT2D eigenvalue weighted by Gasteiger charge is 2.12. The number of aromatic nitrogens is 2. The van der Waals surface area contributed by atoms with E-state index in [1.807, 2.05) is 13.0 Å². The summed E-state index contributed by atoms with van der Waals surface area (Å²) >= 11 is 5.58. The van der Waals surface area contributed by atoms with Gasteiger partial charge in [-0.25, -0.2) is 0 Å². The molecule has 2 heterocycles. The van der Waals surface area contributed by atoms with Crippen molar-refractivity contribution in [1.82, 2.24) is 10.2 Å². The van der Waals surface area contributed by atoms with E-state index in [1.54, 1.807) is 6.26 Å². The average Bonchev–Trinajstić information content (AvgIpc) is 2.83. The largest absolute Gasteiger partial charge is 0.469 e. The summed E-state index contributed by atoms with van der Waals surface area (Å²) in [5.41, 5.74) is 0.847. The molecule has 0 N–H and O–H groups in total. The fraction of sp³-hybridized carbons (Fsp3) is 0.400. The third-order valence-electron chi connectivity index (χ3n) is 2.08. The second-order valence-corrected chi connectivity index (χ2v) is 3.56. The molecule has 15 heavy (non-hydrogen) atoms. The molecule has 0 aliphatic heterocycles. The van der Waals surface area contributed by atoms with Crippen LogP contribution in [0.1, 0.15) is 18.1 Å². The molecular weight excluding hydrogens is 216 g/mol. The summed E-state index contributed by atoms with van der Waals surface area (Å²) in [5.74, 6) is 2.50. The van der Waals surface area contributed by atoms with Gasteiger partial charge in [0.1, 0.15) is 5.76 Å². The van der Waals surface area contributed by atoms with E-state index in [1.165, 1.54) is 0 Å². The van der Waals surface area contributed by atoms with Gasteiger partial charge in [0.2, 0.25) is 5.89 Å². The lowest BCUT2D eigenvalue weighted by atomic mass is 10.3. The van der Waals surface area contributed by atoms with Gasteiger partial charge in [0, 0.05) is 12.3 Å². The van der Waals surface area contributed by atoms with Gasteiger partial charge in [-0.1, -0.05) is 0 Å². The van der Waals surface area contributed by atoms with Crippen molar-refractivity contribution in [2.75, 3.05) is 5.88 Å². The van der Waals surface area contributed by atoms with Crippen LogP contribution in [0.5, 0.6) is 0 Å². The molecule has 4 nitrogen and oxygen atoms in total. The molecule has 2 rings (SSSR count). The average molecular weight is 227 g/mol. The Bertz CT molecular complexity index is 436. The van der Waals surface area contributed by atoms with Crippen molar-refractivity contribution in [1.29, 1.82) is 0 Å². The first-order valence-corrected chi connectivity index (χ1v) is 5.27. The second kappa shape index (κ2) is 4.49. The highest BCUT2D eigenvalue weighted by Crippen LogP contribution is 2.22. The third kappa shape index (κ3) is 2.21. The van der Waals surface area contributed by atoms with Gasteiger partial charge in [0.15, 0.2) is 0 Å². The Hall–Kier alpha value is -1.29. The number of hydrogen-bond acceptors (Lipinski definition) is 4. The van der Waals surface area contributed by atoms with Gasteiger partial charge in [0.25, 0.3) is 5.89 Å². The highest BCUT2D eigenvalue weighted by molar-refractivity contribution is 6.17. The normalized spacial score (nSPS) is 10.8. The van der Waals surface area contributed by atoms with Crippen LogP contribution in [0, 0.1) is 6.92 Å². The smallest absolute Gasteiger partial charge is 0.251 e. The van der Waals surface area contributed by atoms with Crippen LogP contribution in [-0.2, 0) is 6.42 Å². The standard InChI is InChI=1S/C10H11ClN2O2/c1-7-8(4-6-14-7)10-13-12-9(15-10)3-2-5-11/h4,6H,2-3,5H2,1H3. The van der Waals surface area contributed by atoms with E-state index in [4.69, 9.17) is 20.4 Å². The van der Waals surface area contributed by atoms with Gasteiger partial charge < -0.3 is 8.83 Å². The van der Waals surface area contributed by atoms with E-state index in [9.17, 15) is 0 Å². The van der Waals surface area contributed by atoms with Crippen LogP contribution in [0.25, 0.3) is 11.5 Å². The zero-order chi connectivity index (χ0) is 10.7. The summed E-state index contributed by atoms with van der Waals surface area (Å²) in [6.07, 6.45) is 3.16. The summed E-state index contributed by atoms with van der Waals surface area (Å²) < 4.78 is 10.6. The molecule has 2 aromatic rings. The predicted molar refractivity (Wildman–Crippen MR) is 55.8 cm³/mol. The van der Waals surface area contributed by atoms with Gasteiger partial charge in [-0.2, -0.15) is 0 Å². The van der Waals surface area contributed by atoms with Crippen molar-refractivity contribution < 1.29 is 8.83 Å². The van der Waals surface area contributed by atoms with E-state index in [0.29, 0.717) is 24.1 Å². The number of halogens is 1. The van der Waals surface area contributed by atoms with E-state index < -0.39 is 0 Å². The third-order valence-corrected chi connectivity index (χ3v) is 2.35. The first-order chi connectivity index (χ1) is 7.31. The van der Waals surface area contributed by atoms with E-state index in [0.717, 1.165) is 17.7 Å². The minimum atomic E-state index is 0.505. The summed E-state index contributed by atoms with van der Waals surface area (Å²) in [6, 6.07) is 1.81. The molecule has 5 heteroatoms. The van der Waals surface area contributed by atoms with Crippen molar-refractivity contribution in [2.45, 2.75) is 19.8 Å². The first-order valence-electron chi connectivity index (χ1n) is 4.74. The number of hydrogen-bond donors (Lipinski definition) is 0. The van der Waals surface area contributed by atoms with E-state index >= 15 is 0 Å². The second-order valence-electron chi connectivity index (χ2n) is 3.18. The molecule has 80 valence electrons. The molecule has 0 bridgehead atoms. The van der Waals surface area contributed by atoms with Crippen molar-refractivity contribution in [2.24, 2.45) is 0 Å². The van der Waals surface area contributed by atoms with E-state index in [2.05, 4.69) is 10.2 Å². The molecule has 0 radical (unpaired) electrons. The SMILES string of the molecule is Cc1occc1-c1nnc(CCCCl)o1. The number of aryl methyl sites for hydroxylation is 2. The quantitative estimate of drug-likeness (QED) is 0.753. The molecule has 0 atom stereocenters. The van der Waals surface area contributed by atoms with Gasteiger partial charge >= 0.3 is 0 Å². The molecular formula is C10H11ClN2O2. The molecule has 2 aromatic heterocycles. The Morgan fingerprint density at radius 3 is 2.93 bits per heavy atom. The molecule has 0 aliphatic carbocycles. The maximum atomic E-state index is 5.58. The summed E-state index contributed by atoms with van der Waals surface area (Å²) in [5, 5.41) is 7.89. The first kappa shape index (κ1) is 10.2. The number of rotatable bonds is 4. The Balaban J connectivity index is 2.17. The summed E-state index contributed by atoms with van der Waals surface area (Å²) in [7, 11) is 0. The fourth-order valence-corrected chi connectivity index (χ4v) is 1.42. The lowest BCUT2D eigenvalue weighted by Crippen LogP contribution is -1.85. The molecule has 0 aliphatic rings. The molecule has 0 amide bonds. The summed E-state index contributed by atoms with van der Waals surface area (Å²) in [6.45, 7) is 1.86. The lowest BCUT2D eigenvalue weighted by molar-refractivity contribution is 0.498. The zero-order valence-electron chi connectivity index (χ0n) is 8.36. The zero-order valence-corrected chi connectivity index (χ0v) is 9.12. The molecule has 0 spiro atoms. The fourth-order valence-electron chi connectivity index (χ4n) is 1.29. The topological polar surface area (TPSA) is 52.1 Å². The molecule has 0 fully saturated rings. The van der Waals surface area contributed by atoms with E-state index in [-0.39, 0.29) is 0 Å². The van der Waals surface area contributed by atoms with Gasteiger partial charge in [-0.15, -0.1) is 21.8 Å². The summed E-state index contributed by atoms with van der Waals surface area (Å²) in [4.78, 5) is 0. The maximum Gasteiger partial charge on any atom is 0.251 e. The van der Waals surface area contributed by atoms with Crippen LogP contribution in [0.4, 0.5) is 0 Å². The molecule has 0 aromatic carbocycles. The van der Waals surface area contributed by atoms with Crippen molar-refractivity contribution in [3.8, 4) is 11.5 Å². The van der Waals surface area contributed by atoms with Crippen LogP contribution < -0.4 is 0 Å². The number of nitrogens with zero attached hydrogens (tertiary/aromatic N) is 2. The van der Waals surface area contributed by atoms with Crippen molar-refractivity contribution >= 4 is 11.6 Å². The minimum Gasteiger partial charge on any atom is -0.469 e. The lowest BCUT2D eigenvalue weighted by Gasteiger charge is -1.90. The Kier molecular flexibility index (Phi) is 3.06. The van der Waals surface area contributed by atoms with Crippen LogP contribution in [-0.4, -0.2) is 16.1 Å². The van der Waals surface area contributed by atoms with Crippen LogP contribution in [0.2, 0.25) is 0 Å². The van der Waals surface area contributed by atoms with Crippen molar-refractivity contribution in [3.05, 3.63) is 24.0 Å². The Morgan fingerprint density at radius 1 is 1.40 bits per heavy atom. The van der Waals surface area contributed by atoms with Crippen molar-refractivity contribution in [3.63, 3.8) is 0 Å². The van der Waals surface area contributed by atoms with Gasteiger partial charge in [0.05, 0.1) is 11.8 Å². The molecule has 0 saturated carbocycles. The maximum absolute atomic E-state index is 5.58. The Labute approximate surface area is 92.2 Å². The van der Waals surface area contributed by atoms with Crippen LogP contribution in [0.15, 0.2) is 21.2 Å². The number of furan rings is 1. The van der Waals surface area contributed by atoms with Crippen LogP contribution in [0.3, 0.4) is 0 Å². The monoisotopic (exact) mass is 226 g/mol.